The number of halogens is 1. The lowest BCUT2D eigenvalue weighted by Gasteiger charge is -2.16. The third kappa shape index (κ3) is 4.35. The van der Waals surface area contributed by atoms with E-state index in [-0.39, 0.29) is 18.5 Å². The van der Waals surface area contributed by atoms with E-state index in [0.29, 0.717) is 11.7 Å². The van der Waals surface area contributed by atoms with Crippen molar-refractivity contribution in [2.45, 2.75) is 33.4 Å². The van der Waals surface area contributed by atoms with Crippen molar-refractivity contribution in [3.63, 3.8) is 0 Å². The molecule has 0 aliphatic heterocycles. The summed E-state index contributed by atoms with van der Waals surface area (Å²) in [4.78, 5) is 13.2. The van der Waals surface area contributed by atoms with E-state index >= 15 is 0 Å². The minimum atomic E-state index is -0.115. The largest absolute Gasteiger partial charge is 0.352 e. The van der Waals surface area contributed by atoms with Gasteiger partial charge in [0.15, 0.2) is 0 Å². The number of aromatic nitrogens is 4. The number of carbonyl (C=O) groups is 1. The molecule has 1 aromatic carbocycles. The van der Waals surface area contributed by atoms with Gasteiger partial charge in [0.05, 0.1) is 0 Å². The summed E-state index contributed by atoms with van der Waals surface area (Å²) in [6.45, 7) is 6.17. The van der Waals surface area contributed by atoms with E-state index in [4.69, 9.17) is 0 Å². The Morgan fingerprint density at radius 1 is 1.29 bits per heavy atom. The molecule has 2 rings (SSSR count). The first-order valence-electron chi connectivity index (χ1n) is 6.79. The second kappa shape index (κ2) is 6.80. The van der Waals surface area contributed by atoms with Crippen LogP contribution in [0.3, 0.4) is 0 Å². The Kier molecular flexibility index (Phi) is 5.06. The molecule has 6 nitrogen and oxygen atoms in total. The van der Waals surface area contributed by atoms with Crippen LogP contribution in [0.25, 0.3) is 11.4 Å². The molecular formula is C14H18BrN5O. The van der Waals surface area contributed by atoms with Crippen LogP contribution >= 0.6 is 15.9 Å². The molecule has 1 N–H and O–H groups in total. The van der Waals surface area contributed by atoms with E-state index in [1.807, 2.05) is 31.2 Å². The van der Waals surface area contributed by atoms with Crippen LogP contribution in [0, 0.1) is 5.92 Å². The van der Waals surface area contributed by atoms with Crippen molar-refractivity contribution in [1.29, 1.82) is 0 Å². The van der Waals surface area contributed by atoms with Gasteiger partial charge < -0.3 is 5.32 Å². The van der Waals surface area contributed by atoms with Gasteiger partial charge in [0, 0.05) is 16.1 Å². The Morgan fingerprint density at radius 2 is 1.95 bits per heavy atom. The third-order valence-electron chi connectivity index (χ3n) is 3.23. The first kappa shape index (κ1) is 15.6. The molecule has 0 bridgehead atoms. The zero-order valence-electron chi connectivity index (χ0n) is 12.2. The van der Waals surface area contributed by atoms with Crippen molar-refractivity contribution in [3.8, 4) is 11.4 Å². The van der Waals surface area contributed by atoms with Gasteiger partial charge in [-0.2, -0.15) is 4.80 Å². The van der Waals surface area contributed by atoms with Crippen molar-refractivity contribution in [1.82, 2.24) is 25.5 Å². The molecule has 7 heteroatoms. The summed E-state index contributed by atoms with van der Waals surface area (Å²) in [5.74, 6) is 0.777. The van der Waals surface area contributed by atoms with Crippen molar-refractivity contribution in [2.75, 3.05) is 0 Å². The smallest absolute Gasteiger partial charge is 0.243 e. The summed E-state index contributed by atoms with van der Waals surface area (Å²) in [5.41, 5.74) is 0.861. The first-order valence-corrected chi connectivity index (χ1v) is 7.58. The molecule has 112 valence electrons. The van der Waals surface area contributed by atoms with Crippen molar-refractivity contribution >= 4 is 21.8 Å². The molecule has 2 aromatic rings. The minimum absolute atomic E-state index is 0.0700. The number of nitrogens with zero attached hydrogens (tertiary/aromatic N) is 4. The molecule has 0 radical (unpaired) electrons. The van der Waals surface area contributed by atoms with Crippen LogP contribution in [-0.2, 0) is 11.3 Å². The quantitative estimate of drug-likeness (QED) is 0.896. The predicted molar refractivity (Wildman–Crippen MR) is 83.4 cm³/mol. The Balaban J connectivity index is 2.00. The Bertz CT molecular complexity index is 608. The molecular weight excluding hydrogens is 334 g/mol. The molecule has 0 unspecified atom stereocenters. The van der Waals surface area contributed by atoms with Crippen LogP contribution in [-0.4, -0.2) is 32.2 Å². The van der Waals surface area contributed by atoms with Gasteiger partial charge in [0.2, 0.25) is 11.7 Å². The number of carbonyl (C=O) groups excluding carboxylic acids is 1. The monoisotopic (exact) mass is 351 g/mol. The number of tetrazole rings is 1. The summed E-state index contributed by atoms with van der Waals surface area (Å²) in [6, 6.07) is 7.73. The van der Waals surface area contributed by atoms with Crippen LogP contribution in [0.1, 0.15) is 20.8 Å². The maximum absolute atomic E-state index is 11.9. The highest BCUT2D eigenvalue weighted by molar-refractivity contribution is 9.10. The molecule has 1 aromatic heterocycles. The molecule has 0 saturated carbocycles. The summed E-state index contributed by atoms with van der Waals surface area (Å²) in [6.07, 6.45) is 0. The number of benzene rings is 1. The van der Waals surface area contributed by atoms with Crippen molar-refractivity contribution in [3.05, 3.63) is 28.7 Å². The fourth-order valence-corrected chi connectivity index (χ4v) is 1.88. The second-order valence-electron chi connectivity index (χ2n) is 5.25. The topological polar surface area (TPSA) is 72.7 Å². The highest BCUT2D eigenvalue weighted by Crippen LogP contribution is 2.17. The highest BCUT2D eigenvalue weighted by Gasteiger charge is 2.13. The lowest BCUT2D eigenvalue weighted by molar-refractivity contribution is -0.123. The molecule has 1 heterocycles. The number of nitrogens with one attached hydrogen (secondary N) is 1. The van der Waals surface area contributed by atoms with Crippen LogP contribution in [0.4, 0.5) is 0 Å². The SMILES string of the molecule is CC(C)[C@@H](C)NC(=O)Cn1nnc(-c2ccc(Br)cc2)n1. The zero-order chi connectivity index (χ0) is 15.4. The van der Waals surface area contributed by atoms with Gasteiger partial charge in [-0.1, -0.05) is 29.8 Å². The van der Waals surface area contributed by atoms with E-state index in [9.17, 15) is 4.79 Å². The van der Waals surface area contributed by atoms with Crippen LogP contribution in [0.5, 0.6) is 0 Å². The number of hydrogen-bond donors (Lipinski definition) is 1. The van der Waals surface area contributed by atoms with E-state index in [0.717, 1.165) is 10.0 Å². The summed E-state index contributed by atoms with van der Waals surface area (Å²) in [5, 5.41) is 15.0. The van der Waals surface area contributed by atoms with Gasteiger partial charge in [0.25, 0.3) is 0 Å². The standard InChI is InChI=1S/C14H18BrN5O/c1-9(2)10(3)16-13(21)8-20-18-14(17-19-20)11-4-6-12(15)7-5-11/h4-7,9-10H,8H2,1-3H3,(H,16,21)/t10-/m1/s1. The van der Waals surface area contributed by atoms with Gasteiger partial charge in [-0.25, -0.2) is 0 Å². The maximum Gasteiger partial charge on any atom is 0.243 e. The maximum atomic E-state index is 11.9. The van der Waals surface area contributed by atoms with Crippen molar-refractivity contribution in [2.24, 2.45) is 5.92 Å². The molecule has 0 fully saturated rings. The average molecular weight is 352 g/mol. The van der Waals surface area contributed by atoms with Gasteiger partial charge >= 0.3 is 0 Å². The Morgan fingerprint density at radius 3 is 2.57 bits per heavy atom. The average Bonchev–Trinajstić information content (AvgIpc) is 2.87. The predicted octanol–water partition coefficient (Wildman–Crippen LogP) is 2.26. The van der Waals surface area contributed by atoms with Gasteiger partial charge in [0.1, 0.15) is 6.54 Å². The lowest BCUT2D eigenvalue weighted by Crippen LogP contribution is -2.38. The molecule has 0 aliphatic rings. The van der Waals surface area contributed by atoms with Gasteiger partial charge in [-0.15, -0.1) is 10.2 Å². The number of hydrogen-bond acceptors (Lipinski definition) is 4. The van der Waals surface area contributed by atoms with Crippen LogP contribution in [0.2, 0.25) is 0 Å². The van der Waals surface area contributed by atoms with Crippen molar-refractivity contribution < 1.29 is 4.79 Å². The Hall–Kier alpha value is -1.76. The first-order chi connectivity index (χ1) is 9.95. The number of rotatable bonds is 5. The third-order valence-corrected chi connectivity index (χ3v) is 3.76. The molecule has 1 amide bonds. The molecule has 0 spiro atoms. The fourth-order valence-electron chi connectivity index (χ4n) is 1.62. The molecule has 0 saturated heterocycles. The number of amides is 1. The van der Waals surface area contributed by atoms with E-state index < -0.39 is 0 Å². The van der Waals surface area contributed by atoms with E-state index in [1.165, 1.54) is 4.80 Å². The van der Waals surface area contributed by atoms with Gasteiger partial charge in [-0.3, -0.25) is 4.79 Å². The summed E-state index contributed by atoms with van der Waals surface area (Å²) in [7, 11) is 0. The summed E-state index contributed by atoms with van der Waals surface area (Å²) < 4.78 is 0.987. The lowest BCUT2D eigenvalue weighted by atomic mass is 10.1. The highest BCUT2D eigenvalue weighted by atomic mass is 79.9. The minimum Gasteiger partial charge on any atom is -0.352 e. The zero-order valence-corrected chi connectivity index (χ0v) is 13.8. The van der Waals surface area contributed by atoms with Crippen LogP contribution in [0.15, 0.2) is 28.7 Å². The Labute approximate surface area is 132 Å². The molecule has 0 aliphatic carbocycles. The van der Waals surface area contributed by atoms with E-state index in [1.54, 1.807) is 0 Å². The normalized spacial score (nSPS) is 12.4. The summed E-state index contributed by atoms with van der Waals surface area (Å²) >= 11 is 3.38. The fraction of sp³-hybridized carbons (Fsp3) is 0.429. The molecule has 1 atom stereocenters. The molecule has 21 heavy (non-hydrogen) atoms. The van der Waals surface area contributed by atoms with Gasteiger partial charge in [-0.05, 0) is 42.3 Å². The second-order valence-corrected chi connectivity index (χ2v) is 6.17. The van der Waals surface area contributed by atoms with Crippen LogP contribution < -0.4 is 5.32 Å². The van der Waals surface area contributed by atoms with E-state index in [2.05, 4.69) is 50.5 Å².